The van der Waals surface area contributed by atoms with E-state index in [1.165, 1.54) is 49.8 Å². The van der Waals surface area contributed by atoms with Gasteiger partial charge < -0.3 is 14.3 Å². The summed E-state index contributed by atoms with van der Waals surface area (Å²) in [5, 5.41) is 1.84. The molecule has 0 bridgehead atoms. The molecule has 0 amide bonds. The zero-order valence-electron chi connectivity index (χ0n) is 14.8. The number of rotatable bonds is 5. The number of aldehydes is 1. The number of sulfonamides is 1. The van der Waals surface area contributed by atoms with Crippen molar-refractivity contribution in [3.05, 3.63) is 46.2 Å². The maximum absolute atomic E-state index is 13.3. The number of carbonyl (C=O) groups excluding carboxylic acids is 2. The SMILES string of the molecule is COC(=O)[C@@H]1Cc2sccc2[C@@H](C=O)CN1S(=O)(=O)c1ccc(OC)cc1. The molecule has 27 heavy (non-hydrogen) atoms. The molecule has 7 nitrogen and oxygen atoms in total. The standard InChI is InChI=1S/C18H19NO6S2/c1-24-13-3-5-14(6-4-13)27(22,23)19-10-12(11-20)15-7-8-26-17(15)9-16(19)18(21)25-2/h3-8,11-12,16H,9-10H2,1-2H3/t12-,16+/m1/s1. The second-order valence-electron chi connectivity index (χ2n) is 6.04. The number of nitrogens with zero attached hydrogens (tertiary/aromatic N) is 1. The number of thiophene rings is 1. The Morgan fingerprint density at radius 1 is 1.22 bits per heavy atom. The summed E-state index contributed by atoms with van der Waals surface area (Å²) in [5.41, 5.74) is 0.760. The Kier molecular flexibility index (Phi) is 5.64. The van der Waals surface area contributed by atoms with Crippen molar-refractivity contribution in [1.82, 2.24) is 4.31 Å². The van der Waals surface area contributed by atoms with E-state index in [2.05, 4.69) is 0 Å². The Morgan fingerprint density at radius 2 is 1.93 bits per heavy atom. The molecule has 0 N–H and O–H groups in total. The van der Waals surface area contributed by atoms with E-state index in [1.807, 2.05) is 5.38 Å². The zero-order chi connectivity index (χ0) is 19.6. The molecule has 9 heteroatoms. The molecule has 1 aliphatic rings. The van der Waals surface area contributed by atoms with Gasteiger partial charge in [-0.2, -0.15) is 4.31 Å². The molecular weight excluding hydrogens is 390 g/mol. The van der Waals surface area contributed by atoms with Gasteiger partial charge in [0.1, 0.15) is 18.1 Å². The van der Waals surface area contributed by atoms with E-state index in [0.29, 0.717) is 5.75 Å². The van der Waals surface area contributed by atoms with E-state index in [1.54, 1.807) is 6.07 Å². The van der Waals surface area contributed by atoms with Crippen LogP contribution < -0.4 is 4.74 Å². The highest BCUT2D eigenvalue weighted by Gasteiger charge is 2.41. The van der Waals surface area contributed by atoms with Crippen LogP contribution in [0.4, 0.5) is 0 Å². The fourth-order valence-electron chi connectivity index (χ4n) is 3.15. The van der Waals surface area contributed by atoms with Gasteiger partial charge in [0.2, 0.25) is 10.0 Å². The van der Waals surface area contributed by atoms with E-state index < -0.39 is 28.0 Å². The Labute approximate surface area is 161 Å². The van der Waals surface area contributed by atoms with Gasteiger partial charge >= 0.3 is 5.97 Å². The molecule has 144 valence electrons. The first-order chi connectivity index (χ1) is 12.9. The molecule has 2 atom stereocenters. The lowest BCUT2D eigenvalue weighted by atomic mass is 10.0. The minimum Gasteiger partial charge on any atom is -0.497 e. The minimum absolute atomic E-state index is 0.0205. The molecule has 3 rings (SSSR count). The molecule has 0 saturated carbocycles. The van der Waals surface area contributed by atoms with Gasteiger partial charge in [0.25, 0.3) is 0 Å². The number of esters is 1. The number of fused-ring (bicyclic) bond motifs is 1. The van der Waals surface area contributed by atoms with E-state index in [0.717, 1.165) is 21.0 Å². The van der Waals surface area contributed by atoms with E-state index in [9.17, 15) is 18.0 Å². The molecule has 1 aromatic heterocycles. The van der Waals surface area contributed by atoms with Crippen molar-refractivity contribution in [2.75, 3.05) is 20.8 Å². The van der Waals surface area contributed by atoms with Crippen LogP contribution in [0.3, 0.4) is 0 Å². The average Bonchev–Trinajstić information content (AvgIpc) is 3.08. The number of carbonyl (C=O) groups is 2. The highest BCUT2D eigenvalue weighted by atomic mass is 32.2. The Balaban J connectivity index is 2.07. The molecule has 0 aliphatic carbocycles. The van der Waals surface area contributed by atoms with Gasteiger partial charge in [0.15, 0.2) is 0 Å². The summed E-state index contributed by atoms with van der Waals surface area (Å²) in [6, 6.07) is 6.66. The van der Waals surface area contributed by atoms with Gasteiger partial charge in [0, 0.05) is 17.8 Å². The number of benzene rings is 1. The van der Waals surface area contributed by atoms with Crippen LogP contribution in [0.2, 0.25) is 0 Å². The molecule has 0 fully saturated rings. The molecule has 2 heterocycles. The highest BCUT2D eigenvalue weighted by Crippen LogP contribution is 2.34. The normalized spacial score (nSPS) is 20.4. The minimum atomic E-state index is -4.03. The van der Waals surface area contributed by atoms with E-state index >= 15 is 0 Å². The maximum atomic E-state index is 13.3. The second kappa shape index (κ2) is 7.79. The van der Waals surface area contributed by atoms with Gasteiger partial charge in [-0.05, 0) is 41.3 Å². The summed E-state index contributed by atoms with van der Waals surface area (Å²) in [7, 11) is -1.33. The Morgan fingerprint density at radius 3 is 2.52 bits per heavy atom. The van der Waals surface area contributed by atoms with Crippen LogP contribution in [-0.4, -0.2) is 51.8 Å². The lowest BCUT2D eigenvalue weighted by Crippen LogP contribution is -2.47. The molecule has 1 aliphatic heterocycles. The van der Waals surface area contributed by atoms with Gasteiger partial charge in [0.05, 0.1) is 25.0 Å². The van der Waals surface area contributed by atoms with Gasteiger partial charge in [-0.25, -0.2) is 8.42 Å². The molecule has 1 aromatic carbocycles. The Bertz CT molecular complexity index is 935. The van der Waals surface area contributed by atoms with Crippen molar-refractivity contribution in [1.29, 1.82) is 0 Å². The number of hydrogen-bond acceptors (Lipinski definition) is 7. The van der Waals surface area contributed by atoms with E-state index in [4.69, 9.17) is 9.47 Å². The van der Waals surface area contributed by atoms with Crippen LogP contribution in [0.1, 0.15) is 16.4 Å². The predicted molar refractivity (Wildman–Crippen MR) is 99.5 cm³/mol. The lowest BCUT2D eigenvalue weighted by Gasteiger charge is -2.28. The summed E-state index contributed by atoms with van der Waals surface area (Å²) in [6.45, 7) is -0.124. The first-order valence-electron chi connectivity index (χ1n) is 8.17. The largest absolute Gasteiger partial charge is 0.497 e. The van der Waals surface area contributed by atoms with Crippen molar-refractivity contribution in [3.8, 4) is 5.75 Å². The topological polar surface area (TPSA) is 90.0 Å². The molecular formula is C18H19NO6S2. The van der Waals surface area contributed by atoms with Crippen molar-refractivity contribution >= 4 is 33.6 Å². The van der Waals surface area contributed by atoms with Gasteiger partial charge in [-0.3, -0.25) is 4.79 Å². The summed E-state index contributed by atoms with van der Waals surface area (Å²) >= 11 is 1.40. The fourth-order valence-corrected chi connectivity index (χ4v) is 5.74. The fraction of sp³-hybridized carbons (Fsp3) is 0.333. The van der Waals surface area contributed by atoms with Crippen LogP contribution >= 0.6 is 11.3 Å². The maximum Gasteiger partial charge on any atom is 0.324 e. The van der Waals surface area contributed by atoms with E-state index in [-0.39, 0.29) is 17.9 Å². The van der Waals surface area contributed by atoms with Crippen LogP contribution in [0.5, 0.6) is 5.75 Å². The first-order valence-corrected chi connectivity index (χ1v) is 10.5. The first kappa shape index (κ1) is 19.5. The lowest BCUT2D eigenvalue weighted by molar-refractivity contribution is -0.145. The van der Waals surface area contributed by atoms with Crippen LogP contribution in [0.25, 0.3) is 0 Å². The van der Waals surface area contributed by atoms with Crippen LogP contribution in [-0.2, 0) is 30.8 Å². The predicted octanol–water partition coefficient (Wildman–Crippen LogP) is 1.83. The molecule has 0 radical (unpaired) electrons. The third-order valence-corrected chi connectivity index (χ3v) is 7.43. The second-order valence-corrected chi connectivity index (χ2v) is 8.93. The highest BCUT2D eigenvalue weighted by molar-refractivity contribution is 7.89. The van der Waals surface area contributed by atoms with Gasteiger partial charge in [-0.1, -0.05) is 0 Å². The summed E-state index contributed by atoms with van der Waals surface area (Å²) < 4.78 is 37.5. The zero-order valence-corrected chi connectivity index (χ0v) is 16.5. The third-order valence-electron chi connectivity index (χ3n) is 4.59. The quantitative estimate of drug-likeness (QED) is 0.553. The summed E-state index contributed by atoms with van der Waals surface area (Å²) in [5.74, 6) is -0.783. The number of hydrogen-bond donors (Lipinski definition) is 0. The molecule has 0 spiro atoms. The van der Waals surface area contributed by atoms with Crippen LogP contribution in [0.15, 0.2) is 40.6 Å². The van der Waals surface area contributed by atoms with Crippen LogP contribution in [0, 0.1) is 0 Å². The number of ether oxygens (including phenoxy) is 2. The van der Waals surface area contributed by atoms with Crippen molar-refractivity contribution in [3.63, 3.8) is 0 Å². The van der Waals surface area contributed by atoms with Crippen molar-refractivity contribution in [2.45, 2.75) is 23.3 Å². The summed E-state index contributed by atoms with van der Waals surface area (Å²) in [6.07, 6.45) is 0.890. The summed E-state index contributed by atoms with van der Waals surface area (Å²) in [4.78, 5) is 24.9. The monoisotopic (exact) mass is 409 g/mol. The average molecular weight is 409 g/mol. The molecule has 0 saturated heterocycles. The number of methoxy groups -OCH3 is 2. The third kappa shape index (κ3) is 3.62. The van der Waals surface area contributed by atoms with Crippen molar-refractivity contribution < 1.29 is 27.5 Å². The smallest absolute Gasteiger partial charge is 0.324 e. The molecule has 2 aromatic rings. The van der Waals surface area contributed by atoms with Crippen molar-refractivity contribution in [2.24, 2.45) is 0 Å². The Hall–Kier alpha value is -2.23. The van der Waals surface area contributed by atoms with Gasteiger partial charge in [-0.15, -0.1) is 11.3 Å². The molecule has 0 unspecified atom stereocenters.